The van der Waals surface area contributed by atoms with E-state index in [2.05, 4.69) is 10.4 Å². The highest BCUT2D eigenvalue weighted by molar-refractivity contribution is 6.30. The first-order valence-electron chi connectivity index (χ1n) is 6.13. The highest BCUT2D eigenvalue weighted by Gasteiger charge is 2.10. The molecule has 0 aliphatic heterocycles. The Bertz CT molecular complexity index is 549. The number of methoxy groups -OCH3 is 1. The molecule has 2 rings (SSSR count). The highest BCUT2D eigenvalue weighted by atomic mass is 35.5. The molecule has 0 unspecified atom stereocenters. The Labute approximate surface area is 118 Å². The van der Waals surface area contributed by atoms with Crippen LogP contribution in [0.5, 0.6) is 5.75 Å². The summed E-state index contributed by atoms with van der Waals surface area (Å²) in [6.45, 7) is 3.47. The van der Waals surface area contributed by atoms with E-state index in [0.717, 1.165) is 23.6 Å². The molecule has 19 heavy (non-hydrogen) atoms. The summed E-state index contributed by atoms with van der Waals surface area (Å²) in [5, 5.41) is 8.35. The minimum atomic E-state index is 0.694. The number of aromatic nitrogens is 2. The number of nitrogens with one attached hydrogen (secondary N) is 1. The molecule has 102 valence electrons. The van der Waals surface area contributed by atoms with Gasteiger partial charge >= 0.3 is 0 Å². The molecule has 0 fully saturated rings. The Morgan fingerprint density at radius 1 is 1.26 bits per heavy atom. The maximum Gasteiger partial charge on any atom is 0.131 e. The zero-order valence-corrected chi connectivity index (χ0v) is 12.2. The van der Waals surface area contributed by atoms with Crippen LogP contribution in [0.2, 0.25) is 5.15 Å². The van der Waals surface area contributed by atoms with Crippen LogP contribution in [0.25, 0.3) is 0 Å². The molecule has 0 aliphatic rings. The maximum atomic E-state index is 6.18. The van der Waals surface area contributed by atoms with Gasteiger partial charge in [0.05, 0.1) is 12.8 Å². The summed E-state index contributed by atoms with van der Waals surface area (Å²) < 4.78 is 6.82. The molecule has 5 heteroatoms. The van der Waals surface area contributed by atoms with Gasteiger partial charge in [-0.3, -0.25) is 4.68 Å². The molecule has 1 heterocycles. The molecule has 0 bridgehead atoms. The molecule has 0 amide bonds. The van der Waals surface area contributed by atoms with Gasteiger partial charge in [-0.05, 0) is 24.6 Å². The average Bonchev–Trinajstić information content (AvgIpc) is 2.66. The number of benzene rings is 1. The number of nitrogens with zero attached hydrogens (tertiary/aromatic N) is 2. The highest BCUT2D eigenvalue weighted by Crippen LogP contribution is 2.18. The Morgan fingerprint density at radius 3 is 2.47 bits per heavy atom. The summed E-state index contributed by atoms with van der Waals surface area (Å²) in [5.74, 6) is 0.870. The van der Waals surface area contributed by atoms with E-state index < -0.39 is 0 Å². The SMILES string of the molecule is COc1ccc(CNCc2c(C)nn(C)c2Cl)cc1. The van der Waals surface area contributed by atoms with Gasteiger partial charge in [-0.2, -0.15) is 5.10 Å². The number of hydrogen-bond donors (Lipinski definition) is 1. The van der Waals surface area contributed by atoms with Gasteiger partial charge in [0.1, 0.15) is 10.9 Å². The fourth-order valence-electron chi connectivity index (χ4n) is 1.95. The molecule has 1 aromatic carbocycles. The van der Waals surface area contributed by atoms with Gasteiger partial charge in [-0.25, -0.2) is 0 Å². The minimum Gasteiger partial charge on any atom is -0.497 e. The van der Waals surface area contributed by atoms with Crippen LogP contribution >= 0.6 is 11.6 Å². The van der Waals surface area contributed by atoms with Crippen LogP contribution in [-0.2, 0) is 20.1 Å². The Morgan fingerprint density at radius 2 is 1.95 bits per heavy atom. The van der Waals surface area contributed by atoms with Crippen molar-refractivity contribution < 1.29 is 4.74 Å². The topological polar surface area (TPSA) is 39.1 Å². The lowest BCUT2D eigenvalue weighted by molar-refractivity contribution is 0.414. The van der Waals surface area contributed by atoms with E-state index >= 15 is 0 Å². The van der Waals surface area contributed by atoms with Crippen LogP contribution in [0.3, 0.4) is 0 Å². The summed E-state index contributed by atoms with van der Waals surface area (Å²) in [5.41, 5.74) is 3.23. The molecule has 0 spiro atoms. The normalized spacial score (nSPS) is 10.7. The van der Waals surface area contributed by atoms with Crippen LogP contribution in [0.1, 0.15) is 16.8 Å². The van der Waals surface area contributed by atoms with Gasteiger partial charge in [0.2, 0.25) is 0 Å². The molecule has 1 N–H and O–H groups in total. The minimum absolute atomic E-state index is 0.694. The largest absolute Gasteiger partial charge is 0.497 e. The fraction of sp³-hybridized carbons (Fsp3) is 0.357. The van der Waals surface area contributed by atoms with Crippen molar-refractivity contribution in [2.45, 2.75) is 20.0 Å². The zero-order chi connectivity index (χ0) is 13.8. The van der Waals surface area contributed by atoms with Gasteiger partial charge in [-0.1, -0.05) is 23.7 Å². The summed E-state index contributed by atoms with van der Waals surface area (Å²) in [7, 11) is 3.52. The van der Waals surface area contributed by atoms with Crippen molar-refractivity contribution in [1.82, 2.24) is 15.1 Å². The maximum absolute atomic E-state index is 6.18. The van der Waals surface area contributed by atoms with Gasteiger partial charge in [-0.15, -0.1) is 0 Å². The summed E-state index contributed by atoms with van der Waals surface area (Å²) >= 11 is 6.18. The van der Waals surface area contributed by atoms with Crippen LogP contribution in [0.4, 0.5) is 0 Å². The van der Waals surface area contributed by atoms with Crippen LogP contribution < -0.4 is 10.1 Å². The summed E-state index contributed by atoms with van der Waals surface area (Å²) in [4.78, 5) is 0. The third-order valence-corrected chi connectivity index (χ3v) is 3.53. The van der Waals surface area contributed by atoms with Crippen LogP contribution in [-0.4, -0.2) is 16.9 Å². The first-order valence-corrected chi connectivity index (χ1v) is 6.51. The Balaban J connectivity index is 1.92. The van der Waals surface area contributed by atoms with Crippen LogP contribution in [0, 0.1) is 6.92 Å². The molecular formula is C14H18ClN3O. The molecule has 0 atom stereocenters. The van der Waals surface area contributed by atoms with Crippen molar-refractivity contribution in [3.63, 3.8) is 0 Å². The molecule has 2 aromatic rings. The lowest BCUT2D eigenvalue weighted by Gasteiger charge is -2.06. The van der Waals surface area contributed by atoms with E-state index in [-0.39, 0.29) is 0 Å². The van der Waals surface area contributed by atoms with Crippen LogP contribution in [0.15, 0.2) is 24.3 Å². The van der Waals surface area contributed by atoms with Crippen molar-refractivity contribution in [2.75, 3.05) is 7.11 Å². The average molecular weight is 280 g/mol. The quantitative estimate of drug-likeness (QED) is 0.915. The van der Waals surface area contributed by atoms with E-state index in [1.54, 1.807) is 11.8 Å². The first kappa shape index (κ1) is 13.9. The number of halogens is 1. The number of hydrogen-bond acceptors (Lipinski definition) is 3. The molecule has 0 radical (unpaired) electrons. The van der Waals surface area contributed by atoms with E-state index in [1.165, 1.54) is 5.56 Å². The number of aryl methyl sites for hydroxylation is 2. The second-order valence-electron chi connectivity index (χ2n) is 4.43. The smallest absolute Gasteiger partial charge is 0.131 e. The monoisotopic (exact) mass is 279 g/mol. The first-order chi connectivity index (χ1) is 9.11. The van der Waals surface area contributed by atoms with Crippen molar-refractivity contribution in [3.8, 4) is 5.75 Å². The standard InChI is InChI=1S/C14H18ClN3O/c1-10-13(14(15)18(2)17-10)9-16-8-11-4-6-12(19-3)7-5-11/h4-7,16H,8-9H2,1-3H3. The van der Waals surface area contributed by atoms with E-state index in [1.807, 2.05) is 38.2 Å². The summed E-state index contributed by atoms with van der Waals surface area (Å²) in [6.07, 6.45) is 0. The van der Waals surface area contributed by atoms with Gasteiger partial charge in [0.25, 0.3) is 0 Å². The summed E-state index contributed by atoms with van der Waals surface area (Å²) in [6, 6.07) is 8.01. The second kappa shape index (κ2) is 6.08. The van der Waals surface area contributed by atoms with Crippen molar-refractivity contribution >= 4 is 11.6 Å². The van der Waals surface area contributed by atoms with Crippen molar-refractivity contribution in [2.24, 2.45) is 7.05 Å². The second-order valence-corrected chi connectivity index (χ2v) is 4.79. The predicted molar refractivity (Wildman–Crippen MR) is 76.5 cm³/mol. The predicted octanol–water partition coefficient (Wildman–Crippen LogP) is 2.68. The zero-order valence-electron chi connectivity index (χ0n) is 11.4. The molecule has 1 aromatic heterocycles. The number of ether oxygens (including phenoxy) is 1. The molecule has 0 saturated carbocycles. The molecular weight excluding hydrogens is 262 g/mol. The molecule has 4 nitrogen and oxygen atoms in total. The molecule has 0 aliphatic carbocycles. The van der Waals surface area contributed by atoms with Crippen molar-refractivity contribution in [3.05, 3.63) is 46.2 Å². The number of rotatable bonds is 5. The van der Waals surface area contributed by atoms with E-state index in [9.17, 15) is 0 Å². The van der Waals surface area contributed by atoms with Crippen molar-refractivity contribution in [1.29, 1.82) is 0 Å². The third kappa shape index (κ3) is 3.28. The Hall–Kier alpha value is -1.52. The van der Waals surface area contributed by atoms with E-state index in [4.69, 9.17) is 16.3 Å². The molecule has 0 saturated heterocycles. The Kier molecular flexibility index (Phi) is 4.45. The van der Waals surface area contributed by atoms with Gasteiger partial charge in [0, 0.05) is 25.7 Å². The lowest BCUT2D eigenvalue weighted by atomic mass is 10.2. The van der Waals surface area contributed by atoms with E-state index in [0.29, 0.717) is 11.7 Å². The van der Waals surface area contributed by atoms with Gasteiger partial charge < -0.3 is 10.1 Å². The third-order valence-electron chi connectivity index (χ3n) is 3.06. The fourth-order valence-corrected chi connectivity index (χ4v) is 2.19. The van der Waals surface area contributed by atoms with Gasteiger partial charge in [0.15, 0.2) is 0 Å². The lowest BCUT2D eigenvalue weighted by Crippen LogP contribution is -2.13.